The Balaban J connectivity index is 1.45. The number of carbonyl (C=O) groups is 2. The Labute approximate surface area is 227 Å². The fourth-order valence-corrected chi connectivity index (χ4v) is 4.84. The van der Waals surface area contributed by atoms with Crippen LogP contribution in [0.25, 0.3) is 11.4 Å². The van der Waals surface area contributed by atoms with Gasteiger partial charge in [-0.05, 0) is 54.8 Å². The molecule has 2 amide bonds. The topological polar surface area (TPSA) is 115 Å². The Hall–Kier alpha value is -4.47. The van der Waals surface area contributed by atoms with E-state index in [4.69, 9.17) is 9.15 Å². The molecule has 0 saturated heterocycles. The largest absolute Gasteiger partial charge is 0.497 e. The van der Waals surface area contributed by atoms with Crippen molar-refractivity contribution in [1.29, 1.82) is 0 Å². The second kappa shape index (κ2) is 11.9. The number of tetrazole rings is 1. The normalized spacial score (nSPS) is 14.2. The minimum atomic E-state index is -0.894. The fourth-order valence-electron chi connectivity index (χ4n) is 4.84. The van der Waals surface area contributed by atoms with Gasteiger partial charge in [0.05, 0.1) is 19.9 Å². The summed E-state index contributed by atoms with van der Waals surface area (Å²) in [6.07, 6.45) is 5.56. The highest BCUT2D eigenvalue weighted by Crippen LogP contribution is 2.28. The highest BCUT2D eigenvalue weighted by molar-refractivity contribution is 5.89. The Morgan fingerprint density at radius 1 is 1.10 bits per heavy atom. The first-order chi connectivity index (χ1) is 19.0. The smallest absolute Gasteiger partial charge is 0.247 e. The number of hydrogen-bond acceptors (Lipinski definition) is 7. The monoisotopic (exact) mass is 528 g/mol. The molecule has 10 heteroatoms. The zero-order valence-corrected chi connectivity index (χ0v) is 22.1. The van der Waals surface area contributed by atoms with Gasteiger partial charge in [-0.15, -0.1) is 10.2 Å². The summed E-state index contributed by atoms with van der Waals surface area (Å²) in [5.74, 6) is 1.06. The molecular weight excluding hydrogens is 496 g/mol. The van der Waals surface area contributed by atoms with Crippen LogP contribution in [0, 0.1) is 6.92 Å². The molecule has 1 aliphatic rings. The predicted octanol–water partition coefficient (Wildman–Crippen LogP) is 4.08. The van der Waals surface area contributed by atoms with Crippen LogP contribution in [0.5, 0.6) is 5.75 Å². The van der Waals surface area contributed by atoms with Crippen molar-refractivity contribution in [3.8, 4) is 17.1 Å². The Morgan fingerprint density at radius 3 is 2.51 bits per heavy atom. The number of amides is 2. The van der Waals surface area contributed by atoms with Crippen LogP contribution in [0.1, 0.15) is 48.6 Å². The van der Waals surface area contributed by atoms with Gasteiger partial charge in [-0.1, -0.05) is 54.8 Å². The molecule has 10 nitrogen and oxygen atoms in total. The van der Waals surface area contributed by atoms with E-state index in [0.29, 0.717) is 22.9 Å². The Kier molecular flexibility index (Phi) is 8.00. The van der Waals surface area contributed by atoms with Crippen molar-refractivity contribution in [1.82, 2.24) is 30.4 Å². The minimum absolute atomic E-state index is 0.0906. The standard InChI is InChI=1S/C29H32N6O4/c1-20-9-11-22(12-10-20)28-31-33-35(32-28)19-26(36)34(18-25-8-5-17-39-25)27(21-13-15-24(38-2)16-14-21)29(37)30-23-6-3-4-7-23/h5,8-17,23,27H,3-4,6-7,18-19H2,1-2H3,(H,30,37)/t27-/m1/s1. The molecule has 0 unspecified atom stereocenters. The van der Waals surface area contributed by atoms with Gasteiger partial charge in [0.1, 0.15) is 24.1 Å². The number of hydrogen-bond donors (Lipinski definition) is 1. The van der Waals surface area contributed by atoms with Gasteiger partial charge in [0, 0.05) is 11.6 Å². The van der Waals surface area contributed by atoms with Crippen LogP contribution in [0.2, 0.25) is 0 Å². The summed E-state index contributed by atoms with van der Waals surface area (Å²) in [6.45, 7) is 1.91. The average molecular weight is 529 g/mol. The Morgan fingerprint density at radius 2 is 1.85 bits per heavy atom. The van der Waals surface area contributed by atoms with Crippen molar-refractivity contribution >= 4 is 11.8 Å². The maximum atomic E-state index is 13.9. The van der Waals surface area contributed by atoms with Crippen LogP contribution in [-0.2, 0) is 22.7 Å². The number of nitrogens with one attached hydrogen (secondary N) is 1. The van der Waals surface area contributed by atoms with Crippen LogP contribution < -0.4 is 10.1 Å². The lowest BCUT2D eigenvalue weighted by atomic mass is 10.0. The summed E-state index contributed by atoms with van der Waals surface area (Å²) in [6, 6.07) is 17.7. The molecule has 2 heterocycles. The number of furan rings is 1. The van der Waals surface area contributed by atoms with Crippen LogP contribution in [0.15, 0.2) is 71.3 Å². The van der Waals surface area contributed by atoms with E-state index < -0.39 is 6.04 Å². The molecule has 39 heavy (non-hydrogen) atoms. The second-order valence-corrected chi connectivity index (χ2v) is 9.78. The molecule has 2 aromatic carbocycles. The number of ether oxygens (including phenoxy) is 1. The number of benzene rings is 2. The first-order valence-electron chi connectivity index (χ1n) is 13.1. The SMILES string of the molecule is COc1ccc([C@H](C(=O)NC2CCCC2)N(Cc2ccco2)C(=O)Cn2nnc(-c3ccc(C)cc3)n2)cc1. The molecule has 2 aromatic heterocycles. The molecule has 0 bridgehead atoms. The lowest BCUT2D eigenvalue weighted by Gasteiger charge is -2.31. The second-order valence-electron chi connectivity index (χ2n) is 9.78. The van der Waals surface area contributed by atoms with Crippen molar-refractivity contribution < 1.29 is 18.7 Å². The quantitative estimate of drug-likeness (QED) is 0.330. The molecule has 0 aliphatic heterocycles. The van der Waals surface area contributed by atoms with Gasteiger partial charge in [-0.2, -0.15) is 4.80 Å². The van der Waals surface area contributed by atoms with E-state index in [0.717, 1.165) is 36.8 Å². The van der Waals surface area contributed by atoms with E-state index in [1.165, 1.54) is 9.70 Å². The lowest BCUT2D eigenvalue weighted by Crippen LogP contribution is -2.46. The van der Waals surface area contributed by atoms with Gasteiger partial charge >= 0.3 is 0 Å². The summed E-state index contributed by atoms with van der Waals surface area (Å²) in [5, 5.41) is 15.8. The molecule has 4 aromatic rings. The summed E-state index contributed by atoms with van der Waals surface area (Å²) in [4.78, 5) is 30.4. The van der Waals surface area contributed by atoms with Crippen LogP contribution in [0.3, 0.4) is 0 Å². The number of carbonyl (C=O) groups excluding carboxylic acids is 2. The molecule has 1 saturated carbocycles. The van der Waals surface area contributed by atoms with Crippen LogP contribution >= 0.6 is 0 Å². The molecule has 1 atom stereocenters. The molecule has 0 spiro atoms. The zero-order valence-electron chi connectivity index (χ0n) is 22.1. The van der Waals surface area contributed by atoms with E-state index in [9.17, 15) is 9.59 Å². The molecule has 1 aliphatic carbocycles. The predicted molar refractivity (Wildman–Crippen MR) is 143 cm³/mol. The Bertz CT molecular complexity index is 1380. The van der Waals surface area contributed by atoms with E-state index in [2.05, 4.69) is 20.7 Å². The minimum Gasteiger partial charge on any atom is -0.497 e. The van der Waals surface area contributed by atoms with Gasteiger partial charge in [-0.25, -0.2) is 0 Å². The first kappa shape index (κ1) is 26.1. The molecular formula is C29H32N6O4. The van der Waals surface area contributed by atoms with Crippen molar-refractivity contribution in [3.05, 3.63) is 83.8 Å². The fraction of sp³-hybridized carbons (Fsp3) is 0.345. The van der Waals surface area contributed by atoms with E-state index in [-0.39, 0.29) is 30.9 Å². The summed E-state index contributed by atoms with van der Waals surface area (Å²) in [7, 11) is 1.59. The highest BCUT2D eigenvalue weighted by atomic mass is 16.5. The van der Waals surface area contributed by atoms with Crippen molar-refractivity contribution in [3.63, 3.8) is 0 Å². The lowest BCUT2D eigenvalue weighted by molar-refractivity contribution is -0.143. The van der Waals surface area contributed by atoms with Gasteiger partial charge < -0.3 is 19.4 Å². The number of nitrogens with zero attached hydrogens (tertiary/aromatic N) is 5. The average Bonchev–Trinajstić information content (AvgIpc) is 3.73. The zero-order chi connectivity index (χ0) is 27.2. The van der Waals surface area contributed by atoms with Gasteiger partial charge in [0.2, 0.25) is 17.6 Å². The van der Waals surface area contributed by atoms with E-state index >= 15 is 0 Å². The molecule has 1 fully saturated rings. The maximum absolute atomic E-state index is 13.9. The molecule has 202 valence electrons. The third kappa shape index (κ3) is 6.34. The summed E-state index contributed by atoms with van der Waals surface area (Å²) in [5.41, 5.74) is 2.59. The maximum Gasteiger partial charge on any atom is 0.247 e. The van der Waals surface area contributed by atoms with Crippen LogP contribution in [0.4, 0.5) is 0 Å². The van der Waals surface area contributed by atoms with Crippen molar-refractivity contribution in [2.45, 2.75) is 57.8 Å². The van der Waals surface area contributed by atoms with Gasteiger partial charge in [0.15, 0.2) is 0 Å². The number of rotatable bonds is 10. The van der Waals surface area contributed by atoms with Crippen molar-refractivity contribution in [2.75, 3.05) is 7.11 Å². The number of aromatic nitrogens is 4. The molecule has 0 radical (unpaired) electrons. The third-order valence-corrected chi connectivity index (χ3v) is 6.96. The highest BCUT2D eigenvalue weighted by Gasteiger charge is 2.34. The summed E-state index contributed by atoms with van der Waals surface area (Å²) >= 11 is 0. The molecule has 5 rings (SSSR count). The van der Waals surface area contributed by atoms with Gasteiger partial charge in [0.25, 0.3) is 0 Å². The summed E-state index contributed by atoms with van der Waals surface area (Å²) < 4.78 is 10.9. The third-order valence-electron chi connectivity index (χ3n) is 6.96. The van der Waals surface area contributed by atoms with E-state index in [1.54, 1.807) is 37.6 Å². The van der Waals surface area contributed by atoms with Gasteiger partial charge in [-0.3, -0.25) is 9.59 Å². The first-order valence-corrected chi connectivity index (χ1v) is 13.1. The number of methoxy groups -OCH3 is 1. The van der Waals surface area contributed by atoms with Crippen LogP contribution in [-0.4, -0.2) is 50.1 Å². The number of aryl methyl sites for hydroxylation is 1. The van der Waals surface area contributed by atoms with E-state index in [1.807, 2.05) is 43.3 Å². The van der Waals surface area contributed by atoms with Crippen molar-refractivity contribution in [2.24, 2.45) is 0 Å². The molecule has 1 N–H and O–H groups in total.